The van der Waals surface area contributed by atoms with Crippen LogP contribution in [-0.4, -0.2) is 109 Å². The van der Waals surface area contributed by atoms with E-state index in [0.717, 1.165) is 6.42 Å². The van der Waals surface area contributed by atoms with Crippen molar-refractivity contribution in [3.05, 3.63) is 0 Å². The van der Waals surface area contributed by atoms with Crippen LogP contribution in [0.1, 0.15) is 111 Å². The lowest BCUT2D eigenvalue weighted by molar-refractivity contribution is -0.177. The second-order valence-electron chi connectivity index (χ2n) is 13.0. The van der Waals surface area contributed by atoms with Gasteiger partial charge >= 0.3 is 35.8 Å². The number of esters is 2. The number of nitrogens with two attached hydrogens (primary N) is 1. The average molecular weight is 708 g/mol. The Labute approximate surface area is 287 Å². The summed E-state index contributed by atoms with van der Waals surface area (Å²) in [5.41, 5.74) is 5.35. The van der Waals surface area contributed by atoms with E-state index >= 15 is 0 Å². The van der Waals surface area contributed by atoms with Crippen molar-refractivity contribution in [2.24, 2.45) is 29.4 Å². The molecule has 0 amide bonds. The minimum absolute atomic E-state index is 0.0362. The highest BCUT2D eigenvalue weighted by atomic mass is 16.6. The van der Waals surface area contributed by atoms with Gasteiger partial charge in [0.25, 0.3) is 0 Å². The van der Waals surface area contributed by atoms with E-state index in [9.17, 15) is 54.3 Å². The Balaban J connectivity index is 5.98. The number of hydrogen-bond donors (Lipinski definition) is 8. The van der Waals surface area contributed by atoms with Crippen molar-refractivity contribution in [2.75, 3.05) is 6.54 Å². The molecular formula is C33H57NO15. The number of carboxylic acid groups (broad SMARTS) is 4. The van der Waals surface area contributed by atoms with E-state index in [0.29, 0.717) is 44.9 Å². The highest BCUT2D eigenvalue weighted by molar-refractivity contribution is 5.83. The molecule has 0 aliphatic carbocycles. The van der Waals surface area contributed by atoms with E-state index in [1.807, 2.05) is 6.92 Å². The third kappa shape index (κ3) is 20.7. The predicted octanol–water partition coefficient (Wildman–Crippen LogP) is 2.18. The van der Waals surface area contributed by atoms with Gasteiger partial charge in [-0.25, -0.2) is 0 Å². The van der Waals surface area contributed by atoms with Crippen molar-refractivity contribution in [3.63, 3.8) is 0 Å². The Hall–Kier alpha value is -3.34. The van der Waals surface area contributed by atoms with Gasteiger partial charge in [-0.15, -0.1) is 0 Å². The first-order chi connectivity index (χ1) is 22.9. The zero-order valence-corrected chi connectivity index (χ0v) is 28.8. The summed E-state index contributed by atoms with van der Waals surface area (Å²) in [7, 11) is 0. The molecule has 0 aromatic heterocycles. The maximum atomic E-state index is 13.0. The van der Waals surface area contributed by atoms with Crippen molar-refractivity contribution < 1.29 is 74.0 Å². The fraction of sp³-hybridized carbons (Fsp3) is 0.818. The topological polar surface area (TPSA) is 289 Å². The van der Waals surface area contributed by atoms with Crippen molar-refractivity contribution in [1.29, 1.82) is 0 Å². The monoisotopic (exact) mass is 707 g/mol. The Morgan fingerprint density at radius 3 is 1.61 bits per heavy atom. The van der Waals surface area contributed by atoms with Crippen molar-refractivity contribution in [2.45, 2.75) is 141 Å². The molecule has 0 heterocycles. The molecule has 9 N–H and O–H groups in total. The second kappa shape index (κ2) is 24.7. The Morgan fingerprint density at radius 2 is 1.14 bits per heavy atom. The molecule has 0 aliphatic heterocycles. The number of aliphatic carboxylic acids is 4. The minimum Gasteiger partial charge on any atom is -0.481 e. The molecule has 9 atom stereocenters. The van der Waals surface area contributed by atoms with E-state index < -0.39 is 110 Å². The highest BCUT2D eigenvalue weighted by Crippen LogP contribution is 2.29. The van der Waals surface area contributed by atoms with E-state index in [1.54, 1.807) is 13.8 Å². The molecule has 0 fully saturated rings. The van der Waals surface area contributed by atoms with Crippen LogP contribution >= 0.6 is 0 Å². The van der Waals surface area contributed by atoms with Gasteiger partial charge in [0.05, 0.1) is 55.8 Å². The third-order valence-corrected chi connectivity index (χ3v) is 8.39. The van der Waals surface area contributed by atoms with Gasteiger partial charge < -0.3 is 51.0 Å². The summed E-state index contributed by atoms with van der Waals surface area (Å²) >= 11 is 0. The van der Waals surface area contributed by atoms with E-state index in [1.165, 1.54) is 0 Å². The van der Waals surface area contributed by atoms with Crippen molar-refractivity contribution in [1.82, 2.24) is 0 Å². The zero-order valence-electron chi connectivity index (χ0n) is 28.8. The molecule has 49 heavy (non-hydrogen) atoms. The van der Waals surface area contributed by atoms with Crippen molar-refractivity contribution >= 4 is 35.8 Å². The molecule has 0 aromatic rings. The number of unbranched alkanes of at least 4 members (excludes halogenated alkanes) is 3. The first-order valence-electron chi connectivity index (χ1n) is 16.9. The molecule has 16 nitrogen and oxygen atoms in total. The molecule has 0 rings (SSSR count). The molecule has 9 unspecified atom stereocenters. The summed E-state index contributed by atoms with van der Waals surface area (Å²) in [5, 5.41) is 67.2. The van der Waals surface area contributed by atoms with Crippen LogP contribution in [0.5, 0.6) is 0 Å². The lowest BCUT2D eigenvalue weighted by Gasteiger charge is -2.33. The number of aliphatic hydroxyl groups excluding tert-OH is 3. The second-order valence-corrected chi connectivity index (χ2v) is 13.0. The lowest BCUT2D eigenvalue weighted by atomic mass is 9.87. The standard InChI is InChI=1S/C33H57NO15/c1-4-5-9-20(3)31(49-30(43)17-22(33(46)47)15-28(40)41)26(48-29(42)16-21(32(44)45)14-27(38)39)13-19(2)12-23(35)10-7-6-8-11-24(36)25(37)18-34/h19-26,31,35-37H,4-18,34H2,1-3H3,(H,38,39)(H,40,41)(H,44,45)(H,46,47). The SMILES string of the molecule is CCCCC(C)C(OC(=O)CC(CC(=O)O)C(=O)O)C(CC(C)CC(O)CCCCCC(O)C(O)CN)OC(=O)CC(CC(=O)O)C(=O)O. The smallest absolute Gasteiger partial charge is 0.307 e. The Morgan fingerprint density at radius 1 is 0.633 bits per heavy atom. The molecular weight excluding hydrogens is 650 g/mol. The van der Waals surface area contributed by atoms with Crippen LogP contribution in [0.4, 0.5) is 0 Å². The van der Waals surface area contributed by atoms with Crippen LogP contribution in [0.2, 0.25) is 0 Å². The van der Waals surface area contributed by atoms with Gasteiger partial charge in [-0.2, -0.15) is 0 Å². The van der Waals surface area contributed by atoms with E-state index in [2.05, 4.69) is 0 Å². The predicted molar refractivity (Wildman–Crippen MR) is 173 cm³/mol. The summed E-state index contributed by atoms with van der Waals surface area (Å²) in [6.45, 7) is 5.37. The molecule has 0 saturated heterocycles. The van der Waals surface area contributed by atoms with Crippen molar-refractivity contribution in [3.8, 4) is 0 Å². The fourth-order valence-corrected chi connectivity index (χ4v) is 5.57. The minimum atomic E-state index is -1.59. The number of carboxylic acids is 4. The molecule has 284 valence electrons. The zero-order chi connectivity index (χ0) is 37.7. The van der Waals surface area contributed by atoms with E-state index in [-0.39, 0.29) is 25.3 Å². The normalized spacial score (nSPS) is 17.0. The molecule has 0 saturated carbocycles. The maximum Gasteiger partial charge on any atom is 0.307 e. The van der Waals surface area contributed by atoms with Crippen LogP contribution in [0, 0.1) is 23.7 Å². The summed E-state index contributed by atoms with van der Waals surface area (Å²) in [6.07, 6.45) is -3.40. The van der Waals surface area contributed by atoms with Gasteiger partial charge in [-0.1, -0.05) is 52.9 Å². The summed E-state index contributed by atoms with van der Waals surface area (Å²) in [5.74, 6) is -11.9. The van der Waals surface area contributed by atoms with Crippen LogP contribution < -0.4 is 5.73 Å². The van der Waals surface area contributed by atoms with E-state index in [4.69, 9.17) is 25.4 Å². The first-order valence-corrected chi connectivity index (χ1v) is 16.9. The van der Waals surface area contributed by atoms with Gasteiger partial charge in [0.2, 0.25) is 0 Å². The van der Waals surface area contributed by atoms with Crippen LogP contribution in [-0.2, 0) is 38.2 Å². The number of carbonyl (C=O) groups is 6. The van der Waals surface area contributed by atoms with Crippen LogP contribution in [0.25, 0.3) is 0 Å². The number of hydrogen-bond acceptors (Lipinski definition) is 12. The molecule has 16 heteroatoms. The quantitative estimate of drug-likeness (QED) is 0.0408. The summed E-state index contributed by atoms with van der Waals surface area (Å²) < 4.78 is 11.4. The Bertz CT molecular complexity index is 1040. The summed E-state index contributed by atoms with van der Waals surface area (Å²) in [4.78, 5) is 71.6. The maximum absolute atomic E-state index is 13.0. The Kier molecular flexibility index (Phi) is 23.1. The highest BCUT2D eigenvalue weighted by Gasteiger charge is 2.37. The van der Waals surface area contributed by atoms with Crippen LogP contribution in [0.15, 0.2) is 0 Å². The number of rotatable bonds is 29. The van der Waals surface area contributed by atoms with Gasteiger partial charge in [-0.05, 0) is 43.9 Å². The number of aliphatic hydroxyl groups is 3. The van der Waals surface area contributed by atoms with Gasteiger partial charge in [0.1, 0.15) is 12.2 Å². The largest absolute Gasteiger partial charge is 0.481 e. The molecule has 0 bridgehead atoms. The lowest BCUT2D eigenvalue weighted by Crippen LogP contribution is -2.42. The summed E-state index contributed by atoms with van der Waals surface area (Å²) in [6, 6.07) is 0. The number of ether oxygens (including phenoxy) is 2. The molecule has 0 aromatic carbocycles. The molecule has 0 radical (unpaired) electrons. The van der Waals surface area contributed by atoms with Gasteiger partial charge in [0, 0.05) is 6.54 Å². The van der Waals surface area contributed by atoms with Gasteiger partial charge in [-0.3, -0.25) is 28.8 Å². The molecule has 0 aliphatic rings. The van der Waals surface area contributed by atoms with Crippen LogP contribution in [0.3, 0.4) is 0 Å². The first kappa shape index (κ1) is 45.7. The van der Waals surface area contributed by atoms with Gasteiger partial charge in [0.15, 0.2) is 0 Å². The molecule has 0 spiro atoms. The third-order valence-electron chi connectivity index (χ3n) is 8.39. The number of carbonyl (C=O) groups excluding carboxylic acids is 2. The fourth-order valence-electron chi connectivity index (χ4n) is 5.57. The average Bonchev–Trinajstić information content (AvgIpc) is 3.00.